The molecule has 0 aromatic heterocycles. The third-order valence-electron chi connectivity index (χ3n) is 4.27. The summed E-state index contributed by atoms with van der Waals surface area (Å²) in [5, 5.41) is 2.86. The molecule has 152 valence electrons. The van der Waals surface area contributed by atoms with E-state index in [-0.39, 0.29) is 17.9 Å². The maximum absolute atomic E-state index is 12.1. The van der Waals surface area contributed by atoms with Crippen LogP contribution in [0.2, 0.25) is 0 Å². The molecule has 0 atom stereocenters. The number of nitrogens with one attached hydrogen (secondary N) is 1. The van der Waals surface area contributed by atoms with Gasteiger partial charge in [0.25, 0.3) is 5.91 Å². The van der Waals surface area contributed by atoms with Crippen LogP contribution in [0.3, 0.4) is 0 Å². The Labute approximate surface area is 168 Å². The number of rotatable bonds is 9. The summed E-state index contributed by atoms with van der Waals surface area (Å²) in [7, 11) is 1.61. The second-order valence-corrected chi connectivity index (χ2v) is 7.67. The van der Waals surface area contributed by atoms with E-state index in [1.807, 2.05) is 42.5 Å². The first-order chi connectivity index (χ1) is 13.3. The average molecular weight is 386 g/mol. The van der Waals surface area contributed by atoms with Crippen molar-refractivity contribution in [3.8, 4) is 17.2 Å². The second-order valence-electron chi connectivity index (χ2n) is 7.67. The minimum Gasteiger partial charge on any atom is -0.493 e. The van der Waals surface area contributed by atoms with E-state index in [9.17, 15) is 4.79 Å². The minimum absolute atomic E-state index is 0.0241. The van der Waals surface area contributed by atoms with Crippen LogP contribution in [0.5, 0.6) is 17.2 Å². The third kappa shape index (κ3) is 6.48. The first-order valence-corrected chi connectivity index (χ1v) is 9.63. The third-order valence-corrected chi connectivity index (χ3v) is 4.27. The van der Waals surface area contributed by atoms with Gasteiger partial charge in [-0.2, -0.15) is 0 Å². The molecular weight excluding hydrogens is 354 g/mol. The van der Waals surface area contributed by atoms with Gasteiger partial charge in [-0.25, -0.2) is 0 Å². The molecule has 0 saturated heterocycles. The van der Waals surface area contributed by atoms with Crippen LogP contribution >= 0.6 is 0 Å². The van der Waals surface area contributed by atoms with Crippen molar-refractivity contribution in [1.82, 2.24) is 5.32 Å². The lowest BCUT2D eigenvalue weighted by Gasteiger charge is -2.19. The molecule has 0 aliphatic heterocycles. The zero-order valence-electron chi connectivity index (χ0n) is 17.5. The molecule has 0 unspecified atom stereocenters. The number of methoxy groups -OCH3 is 1. The monoisotopic (exact) mass is 385 g/mol. The van der Waals surface area contributed by atoms with Crippen LogP contribution in [-0.4, -0.2) is 26.2 Å². The number of amides is 1. The van der Waals surface area contributed by atoms with Gasteiger partial charge in [-0.15, -0.1) is 0 Å². The van der Waals surface area contributed by atoms with Gasteiger partial charge in [0.15, 0.2) is 18.1 Å². The lowest BCUT2D eigenvalue weighted by Crippen LogP contribution is -2.28. The molecular formula is C23H31NO4. The molecule has 28 heavy (non-hydrogen) atoms. The number of benzene rings is 2. The Hall–Kier alpha value is -2.69. The van der Waals surface area contributed by atoms with Gasteiger partial charge >= 0.3 is 0 Å². The topological polar surface area (TPSA) is 56.8 Å². The summed E-state index contributed by atoms with van der Waals surface area (Å²) in [6, 6.07) is 13.5. The summed E-state index contributed by atoms with van der Waals surface area (Å²) >= 11 is 0. The van der Waals surface area contributed by atoms with Crippen molar-refractivity contribution in [3.05, 3.63) is 53.6 Å². The molecule has 5 nitrogen and oxygen atoms in total. The Kier molecular flexibility index (Phi) is 7.73. The van der Waals surface area contributed by atoms with Gasteiger partial charge < -0.3 is 19.5 Å². The molecule has 2 aromatic rings. The number of hydrogen-bond donors (Lipinski definition) is 1. The highest BCUT2D eigenvalue weighted by Gasteiger charge is 2.13. The Bertz CT molecular complexity index is 763. The first kappa shape index (κ1) is 21.6. The first-order valence-electron chi connectivity index (χ1n) is 9.63. The van der Waals surface area contributed by atoms with E-state index in [1.54, 1.807) is 7.11 Å². The molecule has 0 spiro atoms. The molecule has 2 rings (SSSR count). The largest absolute Gasteiger partial charge is 0.493 e. The van der Waals surface area contributed by atoms with Crippen molar-refractivity contribution in [2.75, 3.05) is 20.3 Å². The van der Waals surface area contributed by atoms with E-state index in [0.717, 1.165) is 12.0 Å². The fraction of sp³-hybridized carbons (Fsp3) is 0.435. The number of ether oxygens (including phenoxy) is 3. The van der Waals surface area contributed by atoms with E-state index in [1.165, 1.54) is 5.56 Å². The van der Waals surface area contributed by atoms with E-state index in [4.69, 9.17) is 14.2 Å². The summed E-state index contributed by atoms with van der Waals surface area (Å²) < 4.78 is 16.6. The van der Waals surface area contributed by atoms with Gasteiger partial charge in [-0.05, 0) is 47.2 Å². The molecule has 0 radical (unpaired) electrons. The number of hydrogen-bond acceptors (Lipinski definition) is 4. The van der Waals surface area contributed by atoms with Crippen molar-refractivity contribution in [2.24, 2.45) is 0 Å². The molecule has 0 bridgehead atoms. The summed E-state index contributed by atoms with van der Waals surface area (Å²) in [6.07, 6.45) is 0.930. The summed E-state index contributed by atoms with van der Waals surface area (Å²) in [4.78, 5) is 12.1. The predicted octanol–water partition coefficient (Wildman–Crippen LogP) is 4.48. The van der Waals surface area contributed by atoms with Crippen molar-refractivity contribution in [1.29, 1.82) is 0 Å². The smallest absolute Gasteiger partial charge is 0.258 e. The molecule has 0 aliphatic carbocycles. The Morgan fingerprint density at radius 3 is 2.32 bits per heavy atom. The molecule has 0 saturated carbocycles. The van der Waals surface area contributed by atoms with Crippen molar-refractivity contribution < 1.29 is 19.0 Å². The van der Waals surface area contributed by atoms with Gasteiger partial charge in [-0.3, -0.25) is 4.79 Å². The molecule has 1 N–H and O–H groups in total. The number of carbonyl (C=O) groups is 1. The summed E-state index contributed by atoms with van der Waals surface area (Å²) in [6.45, 7) is 9.55. The van der Waals surface area contributed by atoms with Gasteiger partial charge in [0.2, 0.25) is 0 Å². The highest BCUT2D eigenvalue weighted by Crippen LogP contribution is 2.28. The van der Waals surface area contributed by atoms with E-state index in [2.05, 4.69) is 33.0 Å². The van der Waals surface area contributed by atoms with Gasteiger partial charge in [0.05, 0.1) is 13.7 Å². The van der Waals surface area contributed by atoms with E-state index in [0.29, 0.717) is 30.4 Å². The normalized spacial score (nSPS) is 11.0. The Morgan fingerprint density at radius 2 is 1.71 bits per heavy atom. The molecule has 0 fully saturated rings. The van der Waals surface area contributed by atoms with Crippen molar-refractivity contribution in [2.45, 2.75) is 46.1 Å². The lowest BCUT2D eigenvalue weighted by molar-refractivity contribution is -0.123. The van der Waals surface area contributed by atoms with Crippen LogP contribution in [0.15, 0.2) is 42.5 Å². The maximum Gasteiger partial charge on any atom is 0.258 e. The fourth-order valence-corrected chi connectivity index (χ4v) is 2.60. The van der Waals surface area contributed by atoms with Gasteiger partial charge in [0.1, 0.15) is 5.75 Å². The van der Waals surface area contributed by atoms with Crippen LogP contribution in [0, 0.1) is 0 Å². The molecule has 0 heterocycles. The van der Waals surface area contributed by atoms with Crippen LogP contribution in [-0.2, 0) is 16.8 Å². The maximum atomic E-state index is 12.1. The zero-order valence-corrected chi connectivity index (χ0v) is 17.5. The summed E-state index contributed by atoms with van der Waals surface area (Å²) in [5.74, 6) is 1.88. The van der Waals surface area contributed by atoms with E-state index >= 15 is 0 Å². The van der Waals surface area contributed by atoms with Crippen molar-refractivity contribution in [3.63, 3.8) is 0 Å². The fourth-order valence-electron chi connectivity index (χ4n) is 2.60. The highest BCUT2D eigenvalue weighted by atomic mass is 16.5. The Morgan fingerprint density at radius 1 is 1.00 bits per heavy atom. The van der Waals surface area contributed by atoms with Crippen molar-refractivity contribution >= 4 is 5.91 Å². The number of carbonyl (C=O) groups excluding carboxylic acids is 1. The zero-order chi connectivity index (χ0) is 20.6. The lowest BCUT2D eigenvalue weighted by atomic mass is 9.87. The SMILES string of the molecule is CCCOc1ccc(CNC(=O)COc2ccc(C(C)(C)C)cc2)cc1OC. The highest BCUT2D eigenvalue weighted by molar-refractivity contribution is 5.77. The minimum atomic E-state index is -0.176. The summed E-state index contributed by atoms with van der Waals surface area (Å²) in [5.41, 5.74) is 2.25. The van der Waals surface area contributed by atoms with Crippen LogP contribution in [0.25, 0.3) is 0 Å². The molecule has 1 amide bonds. The van der Waals surface area contributed by atoms with Gasteiger partial charge in [0, 0.05) is 6.54 Å². The van der Waals surface area contributed by atoms with Crippen LogP contribution in [0.4, 0.5) is 0 Å². The van der Waals surface area contributed by atoms with Crippen LogP contribution in [0.1, 0.15) is 45.2 Å². The molecule has 0 aliphatic rings. The standard InChI is InChI=1S/C23H31NO4/c1-6-13-27-20-12-7-17(14-21(20)26-5)15-24-22(25)16-28-19-10-8-18(9-11-19)23(2,3)4/h7-12,14H,6,13,15-16H2,1-5H3,(H,24,25). The predicted molar refractivity (Wildman–Crippen MR) is 111 cm³/mol. The second kappa shape index (κ2) is 10.0. The molecule has 2 aromatic carbocycles. The van der Waals surface area contributed by atoms with Gasteiger partial charge in [-0.1, -0.05) is 45.9 Å². The quantitative estimate of drug-likeness (QED) is 0.692. The van der Waals surface area contributed by atoms with Crippen LogP contribution < -0.4 is 19.5 Å². The molecule has 5 heteroatoms. The average Bonchev–Trinajstić information content (AvgIpc) is 2.69. The van der Waals surface area contributed by atoms with E-state index < -0.39 is 0 Å². The Balaban J connectivity index is 1.83.